The fourth-order valence-corrected chi connectivity index (χ4v) is 2.24. The van der Waals surface area contributed by atoms with Crippen LogP contribution in [0.25, 0.3) is 0 Å². The summed E-state index contributed by atoms with van der Waals surface area (Å²) in [5.41, 5.74) is 8.26. The van der Waals surface area contributed by atoms with Crippen LogP contribution in [0.15, 0.2) is 46.9 Å². The number of nitrogens with one attached hydrogen (secondary N) is 1. The predicted octanol–water partition coefficient (Wildman–Crippen LogP) is 3.62. The Kier molecular flexibility index (Phi) is 4.22. The van der Waals surface area contributed by atoms with Gasteiger partial charge in [0.1, 0.15) is 18.2 Å². The normalized spacial score (nSPS) is 10.2. The van der Waals surface area contributed by atoms with Crippen LogP contribution < -0.4 is 10.5 Å². The highest BCUT2D eigenvalue weighted by Crippen LogP contribution is 2.23. The summed E-state index contributed by atoms with van der Waals surface area (Å²) in [6.07, 6.45) is 0. The Labute approximate surface area is 121 Å². The smallest absolute Gasteiger partial charge is 0.122 e. The summed E-state index contributed by atoms with van der Waals surface area (Å²) in [6, 6.07) is 13.4. The lowest BCUT2D eigenvalue weighted by atomic mass is 10.1. The molecule has 0 spiro atoms. The molecule has 0 amide bonds. The van der Waals surface area contributed by atoms with E-state index in [1.54, 1.807) is 0 Å². The van der Waals surface area contributed by atoms with Crippen LogP contribution in [-0.2, 0) is 6.61 Å². The molecular formula is C15H15BrN2O. The predicted molar refractivity (Wildman–Crippen MR) is 80.7 cm³/mol. The van der Waals surface area contributed by atoms with E-state index in [2.05, 4.69) is 15.9 Å². The van der Waals surface area contributed by atoms with Crippen molar-refractivity contribution in [3.05, 3.63) is 63.6 Å². The first-order valence-corrected chi connectivity index (χ1v) is 6.68. The lowest BCUT2D eigenvalue weighted by Crippen LogP contribution is -2.11. The van der Waals surface area contributed by atoms with Crippen molar-refractivity contribution in [2.24, 2.45) is 5.73 Å². The Balaban J connectivity index is 2.10. The molecule has 0 saturated heterocycles. The topological polar surface area (TPSA) is 59.1 Å². The Morgan fingerprint density at radius 3 is 2.74 bits per heavy atom. The van der Waals surface area contributed by atoms with Crippen LogP contribution in [0.2, 0.25) is 0 Å². The fourth-order valence-electron chi connectivity index (χ4n) is 1.76. The van der Waals surface area contributed by atoms with Gasteiger partial charge in [0.15, 0.2) is 0 Å². The van der Waals surface area contributed by atoms with Gasteiger partial charge in [0, 0.05) is 10.0 Å². The number of halogens is 1. The van der Waals surface area contributed by atoms with Gasteiger partial charge in [-0.05, 0) is 42.3 Å². The summed E-state index contributed by atoms with van der Waals surface area (Å²) in [5.74, 6) is 0.929. The largest absolute Gasteiger partial charge is 0.489 e. The van der Waals surface area contributed by atoms with Crippen molar-refractivity contribution in [2.75, 3.05) is 0 Å². The molecule has 0 saturated carbocycles. The maximum absolute atomic E-state index is 7.42. The van der Waals surface area contributed by atoms with Crippen LogP contribution >= 0.6 is 15.9 Å². The summed E-state index contributed by atoms with van der Waals surface area (Å²) in [6.45, 7) is 2.47. The van der Waals surface area contributed by atoms with Gasteiger partial charge < -0.3 is 10.5 Å². The van der Waals surface area contributed by atoms with E-state index >= 15 is 0 Å². The molecule has 19 heavy (non-hydrogen) atoms. The minimum Gasteiger partial charge on any atom is -0.489 e. The van der Waals surface area contributed by atoms with Gasteiger partial charge in [0.05, 0.1) is 0 Å². The molecule has 98 valence electrons. The van der Waals surface area contributed by atoms with Crippen molar-refractivity contribution in [1.29, 1.82) is 5.41 Å². The zero-order chi connectivity index (χ0) is 13.8. The van der Waals surface area contributed by atoms with Gasteiger partial charge in [-0.2, -0.15) is 0 Å². The Morgan fingerprint density at radius 2 is 2.05 bits per heavy atom. The molecule has 0 unspecified atom stereocenters. The number of hydrogen-bond donors (Lipinski definition) is 2. The van der Waals surface area contributed by atoms with E-state index < -0.39 is 0 Å². The summed E-state index contributed by atoms with van der Waals surface area (Å²) in [7, 11) is 0. The highest BCUT2D eigenvalue weighted by Gasteiger charge is 2.02. The third-order valence-electron chi connectivity index (χ3n) is 2.77. The van der Waals surface area contributed by atoms with Crippen LogP contribution in [0.1, 0.15) is 16.7 Å². The van der Waals surface area contributed by atoms with E-state index in [0.717, 1.165) is 21.3 Å². The second kappa shape index (κ2) is 5.89. The van der Waals surface area contributed by atoms with Crippen molar-refractivity contribution < 1.29 is 4.74 Å². The number of nitrogen functional groups attached to an aromatic ring is 1. The second-order valence-electron chi connectivity index (χ2n) is 4.31. The van der Waals surface area contributed by atoms with Crippen molar-refractivity contribution >= 4 is 21.8 Å². The lowest BCUT2D eigenvalue weighted by molar-refractivity contribution is 0.304. The van der Waals surface area contributed by atoms with Gasteiger partial charge in [-0.3, -0.25) is 5.41 Å². The maximum Gasteiger partial charge on any atom is 0.122 e. The summed E-state index contributed by atoms with van der Waals surface area (Å²) >= 11 is 3.42. The van der Waals surface area contributed by atoms with E-state index in [9.17, 15) is 0 Å². The first-order chi connectivity index (χ1) is 9.06. The summed E-state index contributed by atoms with van der Waals surface area (Å²) in [5, 5.41) is 7.42. The molecule has 3 nitrogen and oxygen atoms in total. The number of amidine groups is 1. The van der Waals surface area contributed by atoms with Gasteiger partial charge in [0.25, 0.3) is 0 Å². The zero-order valence-electron chi connectivity index (χ0n) is 10.6. The number of ether oxygens (including phenoxy) is 1. The Bertz CT molecular complexity index is 611. The molecule has 0 atom stereocenters. The van der Waals surface area contributed by atoms with Crippen molar-refractivity contribution in [2.45, 2.75) is 13.5 Å². The molecule has 0 radical (unpaired) electrons. The minimum atomic E-state index is 0.0710. The molecule has 0 fully saturated rings. The number of benzene rings is 2. The summed E-state index contributed by atoms with van der Waals surface area (Å²) < 4.78 is 6.82. The monoisotopic (exact) mass is 318 g/mol. The molecule has 2 rings (SSSR count). The maximum atomic E-state index is 7.42. The van der Waals surface area contributed by atoms with Crippen LogP contribution in [0.5, 0.6) is 5.75 Å². The number of nitrogens with two attached hydrogens (primary N) is 1. The molecular weight excluding hydrogens is 304 g/mol. The molecule has 0 aromatic heterocycles. The molecule has 2 aromatic carbocycles. The average molecular weight is 319 g/mol. The third kappa shape index (κ3) is 3.58. The zero-order valence-corrected chi connectivity index (χ0v) is 12.2. The number of hydrogen-bond acceptors (Lipinski definition) is 2. The quantitative estimate of drug-likeness (QED) is 0.668. The van der Waals surface area contributed by atoms with Crippen LogP contribution in [0.3, 0.4) is 0 Å². The highest BCUT2D eigenvalue weighted by atomic mass is 79.9. The molecule has 0 aliphatic carbocycles. The average Bonchev–Trinajstić information content (AvgIpc) is 2.38. The number of rotatable bonds is 4. The summed E-state index contributed by atoms with van der Waals surface area (Å²) in [4.78, 5) is 0. The second-order valence-corrected chi connectivity index (χ2v) is 5.23. The van der Waals surface area contributed by atoms with E-state index in [-0.39, 0.29) is 5.84 Å². The Hall–Kier alpha value is -1.81. The first kappa shape index (κ1) is 13.6. The fraction of sp³-hybridized carbons (Fsp3) is 0.133. The Morgan fingerprint density at radius 1 is 1.26 bits per heavy atom. The first-order valence-electron chi connectivity index (χ1n) is 5.88. The van der Waals surface area contributed by atoms with E-state index in [1.807, 2.05) is 49.4 Å². The molecule has 0 aliphatic rings. The highest BCUT2D eigenvalue weighted by molar-refractivity contribution is 9.10. The van der Waals surface area contributed by atoms with Gasteiger partial charge >= 0.3 is 0 Å². The van der Waals surface area contributed by atoms with E-state index in [1.165, 1.54) is 0 Å². The third-order valence-corrected chi connectivity index (χ3v) is 3.26. The number of aryl methyl sites for hydroxylation is 1. The van der Waals surface area contributed by atoms with Crippen LogP contribution in [-0.4, -0.2) is 5.84 Å². The minimum absolute atomic E-state index is 0.0710. The standard InChI is InChI=1S/C15H15BrN2O/c1-10-7-13(16)5-6-14(10)19-9-11-3-2-4-12(8-11)15(17)18/h2-8H,9H2,1H3,(H3,17,18). The molecule has 0 bridgehead atoms. The van der Waals surface area contributed by atoms with Gasteiger partial charge in [-0.25, -0.2) is 0 Å². The molecule has 3 N–H and O–H groups in total. The molecule has 0 heterocycles. The lowest BCUT2D eigenvalue weighted by Gasteiger charge is -2.10. The van der Waals surface area contributed by atoms with Gasteiger partial charge in [-0.15, -0.1) is 0 Å². The molecule has 0 aliphatic heterocycles. The van der Waals surface area contributed by atoms with Crippen LogP contribution in [0, 0.1) is 12.3 Å². The van der Waals surface area contributed by atoms with Crippen molar-refractivity contribution in [1.82, 2.24) is 0 Å². The van der Waals surface area contributed by atoms with Crippen molar-refractivity contribution in [3.8, 4) is 5.75 Å². The van der Waals surface area contributed by atoms with Crippen molar-refractivity contribution in [3.63, 3.8) is 0 Å². The van der Waals surface area contributed by atoms with Gasteiger partial charge in [0.2, 0.25) is 0 Å². The van der Waals surface area contributed by atoms with Crippen LogP contribution in [0.4, 0.5) is 0 Å². The van der Waals surface area contributed by atoms with E-state index in [0.29, 0.717) is 12.2 Å². The molecule has 4 heteroatoms. The molecule has 2 aromatic rings. The van der Waals surface area contributed by atoms with Gasteiger partial charge in [-0.1, -0.05) is 34.1 Å². The van der Waals surface area contributed by atoms with E-state index in [4.69, 9.17) is 15.9 Å². The SMILES string of the molecule is Cc1cc(Br)ccc1OCc1cccc(C(=N)N)c1.